The van der Waals surface area contributed by atoms with Crippen LogP contribution in [0.3, 0.4) is 0 Å². The number of halogens is 1. The van der Waals surface area contributed by atoms with Crippen LogP contribution in [0.5, 0.6) is 0 Å². The first kappa shape index (κ1) is 21.9. The molecule has 3 N–H and O–H groups in total. The first-order valence-electron chi connectivity index (χ1n) is 9.02. The molecule has 0 aromatic heterocycles. The van der Waals surface area contributed by atoms with Gasteiger partial charge in [-0.1, -0.05) is 6.92 Å². The van der Waals surface area contributed by atoms with E-state index in [1.54, 1.807) is 13.8 Å². The van der Waals surface area contributed by atoms with Crippen molar-refractivity contribution in [2.24, 2.45) is 0 Å². The molecule has 0 fully saturated rings. The summed E-state index contributed by atoms with van der Waals surface area (Å²) in [5.74, 6) is -2.46. The van der Waals surface area contributed by atoms with Crippen molar-refractivity contribution in [1.82, 2.24) is 16.0 Å². The van der Waals surface area contributed by atoms with Crippen LogP contribution in [0.2, 0.25) is 0 Å². The molecule has 3 amide bonds. The number of carbonyl (C=O) groups excluding carboxylic acids is 4. The fourth-order valence-corrected chi connectivity index (χ4v) is 2.63. The Morgan fingerprint density at radius 1 is 1.14 bits per heavy atom. The van der Waals surface area contributed by atoms with Crippen molar-refractivity contribution in [2.75, 3.05) is 19.8 Å². The number of hydrogen-bond donors (Lipinski definition) is 3. The highest BCUT2D eigenvalue weighted by Gasteiger charge is 2.32. The highest BCUT2D eigenvalue weighted by atomic mass is 19.1. The molecule has 0 unspecified atom stereocenters. The number of rotatable bonds is 8. The molecule has 0 radical (unpaired) electrons. The minimum absolute atomic E-state index is 0.122. The highest BCUT2D eigenvalue weighted by Crippen LogP contribution is 2.17. The van der Waals surface area contributed by atoms with Crippen LogP contribution in [0, 0.1) is 5.82 Å². The Kier molecular flexibility index (Phi) is 7.70. The maximum absolute atomic E-state index is 12.9. The van der Waals surface area contributed by atoms with Gasteiger partial charge in [0.2, 0.25) is 0 Å². The van der Waals surface area contributed by atoms with Crippen molar-refractivity contribution >= 4 is 23.9 Å². The summed E-state index contributed by atoms with van der Waals surface area (Å²) in [6, 6.07) is 3.71. The first-order chi connectivity index (χ1) is 13.8. The molecule has 1 aromatic rings. The van der Waals surface area contributed by atoms with Gasteiger partial charge in [-0.2, -0.15) is 0 Å². The number of benzene rings is 1. The van der Waals surface area contributed by atoms with Gasteiger partial charge in [-0.15, -0.1) is 0 Å². The number of nitrogens with one attached hydrogen (secondary N) is 3. The lowest BCUT2D eigenvalue weighted by Crippen LogP contribution is -2.51. The summed E-state index contributed by atoms with van der Waals surface area (Å²) in [7, 11) is 0. The summed E-state index contributed by atoms with van der Waals surface area (Å²) < 4.78 is 23.0. The predicted molar refractivity (Wildman–Crippen MR) is 99.1 cm³/mol. The van der Waals surface area contributed by atoms with E-state index in [9.17, 15) is 23.6 Å². The Morgan fingerprint density at radius 3 is 2.45 bits per heavy atom. The third-order valence-electron chi connectivity index (χ3n) is 4.02. The van der Waals surface area contributed by atoms with Crippen LogP contribution in [0.15, 0.2) is 35.5 Å². The quantitative estimate of drug-likeness (QED) is 0.553. The lowest BCUT2D eigenvalue weighted by atomic mass is 10.0. The third-order valence-corrected chi connectivity index (χ3v) is 4.02. The number of esters is 2. The molecular formula is C19H22FN3O6. The first-order valence-corrected chi connectivity index (χ1v) is 9.02. The minimum atomic E-state index is -0.781. The van der Waals surface area contributed by atoms with Crippen LogP contribution in [0.1, 0.15) is 30.6 Å². The van der Waals surface area contributed by atoms with Gasteiger partial charge in [-0.05, 0) is 37.6 Å². The molecule has 10 heteroatoms. The summed E-state index contributed by atoms with van der Waals surface area (Å²) >= 11 is 0. The van der Waals surface area contributed by atoms with E-state index in [4.69, 9.17) is 9.47 Å². The van der Waals surface area contributed by atoms with Crippen molar-refractivity contribution < 1.29 is 33.0 Å². The monoisotopic (exact) mass is 407 g/mol. The second kappa shape index (κ2) is 10.2. The van der Waals surface area contributed by atoms with Crippen LogP contribution >= 0.6 is 0 Å². The molecular weight excluding hydrogens is 385 g/mol. The Morgan fingerprint density at radius 2 is 1.83 bits per heavy atom. The predicted octanol–water partition coefficient (Wildman–Crippen LogP) is 1.01. The van der Waals surface area contributed by atoms with E-state index in [2.05, 4.69) is 16.0 Å². The molecule has 0 spiro atoms. The second-order valence-electron chi connectivity index (χ2n) is 6.02. The van der Waals surface area contributed by atoms with Crippen LogP contribution < -0.4 is 16.0 Å². The largest absolute Gasteiger partial charge is 0.463 e. The molecule has 9 nitrogen and oxygen atoms in total. The number of urea groups is 1. The van der Waals surface area contributed by atoms with Gasteiger partial charge in [0.25, 0.3) is 5.91 Å². The molecule has 0 aliphatic carbocycles. The van der Waals surface area contributed by atoms with Gasteiger partial charge >= 0.3 is 18.0 Å². The van der Waals surface area contributed by atoms with E-state index < -0.39 is 42.3 Å². The lowest BCUT2D eigenvalue weighted by Gasteiger charge is -2.28. The summed E-state index contributed by atoms with van der Waals surface area (Å²) in [5.41, 5.74) is 0.484. The van der Waals surface area contributed by atoms with Crippen LogP contribution in [-0.4, -0.2) is 49.7 Å². The van der Waals surface area contributed by atoms with Crippen molar-refractivity contribution in [1.29, 1.82) is 0 Å². The van der Waals surface area contributed by atoms with Gasteiger partial charge in [0.05, 0.1) is 23.9 Å². The fraction of sp³-hybridized carbons (Fsp3) is 0.368. The highest BCUT2D eigenvalue weighted by molar-refractivity contribution is 5.96. The van der Waals surface area contributed by atoms with Crippen molar-refractivity contribution in [2.45, 2.75) is 26.3 Å². The Balaban J connectivity index is 1.98. The van der Waals surface area contributed by atoms with Gasteiger partial charge in [0.1, 0.15) is 19.0 Å². The van der Waals surface area contributed by atoms with Gasteiger partial charge in [0, 0.05) is 5.56 Å². The standard InChI is InChI=1S/C19H22FN3O6/c1-3-13-16(18(26)28-4-2)14(23-19(27)22-13)10-29-15(24)9-21-17(25)11-5-7-12(20)8-6-11/h5-8,13H,3-4,9-10H2,1-2H3,(H,21,25)(H2,22,23,27)/t13-/m1/s1. The van der Waals surface area contributed by atoms with E-state index in [-0.39, 0.29) is 30.0 Å². The number of amides is 3. The third kappa shape index (κ3) is 6.03. The minimum Gasteiger partial charge on any atom is -0.463 e. The smallest absolute Gasteiger partial charge is 0.338 e. The molecule has 1 aromatic carbocycles. The molecule has 2 rings (SSSR count). The van der Waals surface area contributed by atoms with Crippen LogP contribution in [0.4, 0.5) is 9.18 Å². The maximum atomic E-state index is 12.9. The van der Waals surface area contributed by atoms with Crippen molar-refractivity contribution in [3.05, 3.63) is 46.9 Å². The fourth-order valence-electron chi connectivity index (χ4n) is 2.63. The number of ether oxygens (including phenoxy) is 2. The molecule has 1 atom stereocenters. The second-order valence-corrected chi connectivity index (χ2v) is 6.02. The average molecular weight is 407 g/mol. The molecule has 156 valence electrons. The van der Waals surface area contributed by atoms with Crippen molar-refractivity contribution in [3.8, 4) is 0 Å². The summed E-state index contributed by atoms with van der Waals surface area (Å²) in [6.45, 7) is 2.77. The normalized spacial score (nSPS) is 15.8. The molecule has 0 bridgehead atoms. The van der Waals surface area contributed by atoms with E-state index in [1.165, 1.54) is 12.1 Å². The van der Waals surface area contributed by atoms with Gasteiger partial charge in [-0.3, -0.25) is 9.59 Å². The zero-order valence-electron chi connectivity index (χ0n) is 16.0. The average Bonchev–Trinajstić information content (AvgIpc) is 2.70. The number of hydrogen-bond acceptors (Lipinski definition) is 6. The zero-order chi connectivity index (χ0) is 21.4. The Labute approximate surface area is 166 Å². The Hall–Kier alpha value is -3.43. The molecule has 0 saturated carbocycles. The zero-order valence-corrected chi connectivity index (χ0v) is 16.0. The summed E-state index contributed by atoms with van der Waals surface area (Å²) in [5, 5.41) is 7.40. The molecule has 1 aliphatic rings. The maximum Gasteiger partial charge on any atom is 0.338 e. The SMILES string of the molecule is CCOC(=O)C1=C(COC(=O)CNC(=O)c2ccc(F)cc2)NC(=O)N[C@@H]1CC. The topological polar surface area (TPSA) is 123 Å². The van der Waals surface area contributed by atoms with E-state index in [1.807, 2.05) is 0 Å². The summed E-state index contributed by atoms with van der Waals surface area (Å²) in [4.78, 5) is 47.9. The number of carbonyl (C=O) groups is 4. The molecule has 29 heavy (non-hydrogen) atoms. The van der Waals surface area contributed by atoms with E-state index in [0.717, 1.165) is 12.1 Å². The van der Waals surface area contributed by atoms with Gasteiger partial charge in [-0.25, -0.2) is 14.0 Å². The van der Waals surface area contributed by atoms with Gasteiger partial charge < -0.3 is 25.4 Å². The lowest BCUT2D eigenvalue weighted by molar-refractivity contribution is -0.142. The van der Waals surface area contributed by atoms with E-state index in [0.29, 0.717) is 6.42 Å². The van der Waals surface area contributed by atoms with Gasteiger partial charge in [0.15, 0.2) is 0 Å². The van der Waals surface area contributed by atoms with Crippen molar-refractivity contribution in [3.63, 3.8) is 0 Å². The van der Waals surface area contributed by atoms with Crippen LogP contribution in [0.25, 0.3) is 0 Å². The molecule has 0 saturated heterocycles. The molecule has 1 aliphatic heterocycles. The summed E-state index contributed by atoms with van der Waals surface area (Å²) in [6.07, 6.45) is 0.437. The van der Waals surface area contributed by atoms with Crippen LogP contribution in [-0.2, 0) is 19.1 Å². The van der Waals surface area contributed by atoms with E-state index >= 15 is 0 Å². The molecule has 1 heterocycles. The Bertz CT molecular complexity index is 822.